The van der Waals surface area contributed by atoms with Crippen molar-refractivity contribution in [3.63, 3.8) is 0 Å². The molecule has 0 unspecified atom stereocenters. The summed E-state index contributed by atoms with van der Waals surface area (Å²) in [6.45, 7) is 2.33. The van der Waals surface area contributed by atoms with Crippen LogP contribution in [0.3, 0.4) is 0 Å². The van der Waals surface area contributed by atoms with Crippen LogP contribution >= 0.6 is 0 Å². The van der Waals surface area contributed by atoms with Crippen LogP contribution < -0.4 is 5.32 Å². The maximum atomic E-state index is 11.1. The van der Waals surface area contributed by atoms with Crippen LogP contribution in [0.1, 0.15) is 18.9 Å². The van der Waals surface area contributed by atoms with Gasteiger partial charge >= 0.3 is 6.09 Å². The molecule has 1 aromatic rings. The predicted molar refractivity (Wildman–Crippen MR) is 56.4 cm³/mol. The number of rotatable bonds is 3. The summed E-state index contributed by atoms with van der Waals surface area (Å²) in [5, 5.41) is 11.1. The zero-order chi connectivity index (χ0) is 11.1. The molecule has 0 spiro atoms. The normalized spacial score (nSPS) is 9.07. The van der Waals surface area contributed by atoms with E-state index in [0.29, 0.717) is 17.9 Å². The van der Waals surface area contributed by atoms with E-state index >= 15 is 0 Å². The fourth-order valence-corrected chi connectivity index (χ4v) is 0.977. The highest BCUT2D eigenvalue weighted by Gasteiger charge is 2.01. The molecular formula is C11H12N2O2. The Morgan fingerprint density at radius 3 is 2.67 bits per heavy atom. The summed E-state index contributed by atoms with van der Waals surface area (Å²) in [7, 11) is 0. The molecule has 1 rings (SSSR count). The molecule has 15 heavy (non-hydrogen) atoms. The van der Waals surface area contributed by atoms with Crippen LogP contribution in [-0.2, 0) is 4.74 Å². The Bertz CT molecular complexity index is 365. The number of carbonyl (C=O) groups excluding carboxylic acids is 1. The van der Waals surface area contributed by atoms with Gasteiger partial charge in [0.15, 0.2) is 0 Å². The molecule has 1 amide bonds. The summed E-state index contributed by atoms with van der Waals surface area (Å²) < 4.78 is 4.84. The van der Waals surface area contributed by atoms with Crippen molar-refractivity contribution < 1.29 is 9.53 Å². The summed E-state index contributed by atoms with van der Waals surface area (Å²) in [5.74, 6) is 0. The number of anilines is 1. The van der Waals surface area contributed by atoms with Crippen LogP contribution in [0.25, 0.3) is 0 Å². The molecule has 0 atom stereocenters. The molecule has 0 aliphatic rings. The van der Waals surface area contributed by atoms with E-state index in [4.69, 9.17) is 10.00 Å². The minimum absolute atomic E-state index is 0.405. The zero-order valence-electron chi connectivity index (χ0n) is 8.49. The van der Waals surface area contributed by atoms with Crippen molar-refractivity contribution in [2.24, 2.45) is 0 Å². The van der Waals surface area contributed by atoms with Crippen LogP contribution in [0.5, 0.6) is 0 Å². The van der Waals surface area contributed by atoms with Gasteiger partial charge in [-0.25, -0.2) is 4.79 Å². The lowest BCUT2D eigenvalue weighted by molar-refractivity contribution is 0.161. The molecule has 0 saturated heterocycles. The molecular weight excluding hydrogens is 192 g/mol. The van der Waals surface area contributed by atoms with Crippen LogP contribution in [0, 0.1) is 11.3 Å². The molecule has 1 aromatic carbocycles. The second-order valence-corrected chi connectivity index (χ2v) is 2.95. The van der Waals surface area contributed by atoms with Crippen molar-refractivity contribution >= 4 is 11.8 Å². The molecule has 0 aliphatic carbocycles. The molecule has 0 saturated carbocycles. The Hall–Kier alpha value is -2.02. The highest BCUT2D eigenvalue weighted by molar-refractivity contribution is 5.84. The maximum Gasteiger partial charge on any atom is 0.411 e. The van der Waals surface area contributed by atoms with Gasteiger partial charge in [0.05, 0.1) is 18.2 Å². The Kier molecular flexibility index (Phi) is 4.17. The van der Waals surface area contributed by atoms with Gasteiger partial charge in [0.1, 0.15) is 0 Å². The average molecular weight is 204 g/mol. The summed E-state index contributed by atoms with van der Waals surface area (Å²) in [6, 6.07) is 8.58. The predicted octanol–water partition coefficient (Wildman–Crippen LogP) is 2.52. The third kappa shape index (κ3) is 3.69. The smallest absolute Gasteiger partial charge is 0.411 e. The number of hydrogen-bond donors (Lipinski definition) is 1. The van der Waals surface area contributed by atoms with E-state index in [1.54, 1.807) is 24.3 Å². The molecule has 0 radical (unpaired) electrons. The van der Waals surface area contributed by atoms with Gasteiger partial charge in [-0.15, -0.1) is 0 Å². The molecule has 4 nitrogen and oxygen atoms in total. The van der Waals surface area contributed by atoms with E-state index in [0.717, 1.165) is 6.42 Å². The first kappa shape index (κ1) is 11.1. The van der Waals surface area contributed by atoms with Crippen LogP contribution in [0.15, 0.2) is 24.3 Å². The fourth-order valence-electron chi connectivity index (χ4n) is 0.977. The number of nitrogens with one attached hydrogen (secondary N) is 1. The first-order chi connectivity index (χ1) is 7.26. The van der Waals surface area contributed by atoms with E-state index in [-0.39, 0.29) is 0 Å². The lowest BCUT2D eigenvalue weighted by atomic mass is 10.2. The van der Waals surface area contributed by atoms with Crippen LogP contribution in [0.4, 0.5) is 10.5 Å². The SMILES string of the molecule is CCCOC(=O)Nc1ccc(C#N)cc1. The maximum absolute atomic E-state index is 11.1. The van der Waals surface area contributed by atoms with Crippen LogP contribution in [0.2, 0.25) is 0 Å². The molecule has 0 heterocycles. The highest BCUT2D eigenvalue weighted by atomic mass is 16.5. The van der Waals surface area contributed by atoms with Gasteiger partial charge in [-0.2, -0.15) is 5.26 Å². The summed E-state index contributed by atoms with van der Waals surface area (Å²) in [6.07, 6.45) is 0.322. The second kappa shape index (κ2) is 5.66. The Balaban J connectivity index is 2.50. The zero-order valence-corrected chi connectivity index (χ0v) is 8.49. The average Bonchev–Trinajstić information content (AvgIpc) is 2.27. The first-order valence-corrected chi connectivity index (χ1v) is 4.70. The minimum atomic E-state index is -0.471. The van der Waals surface area contributed by atoms with Gasteiger partial charge < -0.3 is 4.74 Å². The van der Waals surface area contributed by atoms with Gasteiger partial charge in [0.25, 0.3) is 0 Å². The van der Waals surface area contributed by atoms with Crippen molar-refractivity contribution in [1.82, 2.24) is 0 Å². The molecule has 1 N–H and O–H groups in total. The molecule has 0 aliphatic heterocycles. The number of ether oxygens (including phenoxy) is 1. The van der Waals surface area contributed by atoms with E-state index in [9.17, 15) is 4.79 Å². The fraction of sp³-hybridized carbons (Fsp3) is 0.273. The molecule has 0 aromatic heterocycles. The first-order valence-electron chi connectivity index (χ1n) is 4.70. The van der Waals surface area contributed by atoms with Gasteiger partial charge in [-0.1, -0.05) is 6.92 Å². The van der Waals surface area contributed by atoms with Crippen molar-refractivity contribution in [2.75, 3.05) is 11.9 Å². The number of nitrogens with zero attached hydrogens (tertiary/aromatic N) is 1. The number of amides is 1. The van der Waals surface area contributed by atoms with Crippen LogP contribution in [-0.4, -0.2) is 12.7 Å². The van der Waals surface area contributed by atoms with Crippen molar-refractivity contribution in [3.8, 4) is 6.07 Å². The Morgan fingerprint density at radius 1 is 1.47 bits per heavy atom. The van der Waals surface area contributed by atoms with Gasteiger partial charge in [-0.05, 0) is 30.7 Å². The topological polar surface area (TPSA) is 62.1 Å². The molecule has 78 valence electrons. The van der Waals surface area contributed by atoms with Gasteiger partial charge in [-0.3, -0.25) is 5.32 Å². The van der Waals surface area contributed by atoms with Gasteiger partial charge in [0, 0.05) is 5.69 Å². The Labute approximate surface area is 88.5 Å². The minimum Gasteiger partial charge on any atom is -0.449 e. The van der Waals surface area contributed by atoms with Crippen molar-refractivity contribution in [1.29, 1.82) is 5.26 Å². The molecule has 0 bridgehead atoms. The summed E-state index contributed by atoms with van der Waals surface area (Å²) in [5.41, 5.74) is 1.18. The van der Waals surface area contributed by atoms with E-state index in [1.807, 2.05) is 13.0 Å². The van der Waals surface area contributed by atoms with Gasteiger partial charge in [0.2, 0.25) is 0 Å². The monoisotopic (exact) mass is 204 g/mol. The van der Waals surface area contributed by atoms with E-state index < -0.39 is 6.09 Å². The number of benzene rings is 1. The third-order valence-electron chi connectivity index (χ3n) is 1.70. The number of carbonyl (C=O) groups is 1. The second-order valence-electron chi connectivity index (χ2n) is 2.95. The summed E-state index contributed by atoms with van der Waals surface area (Å²) >= 11 is 0. The lowest BCUT2D eigenvalue weighted by Crippen LogP contribution is -2.13. The molecule has 4 heteroatoms. The van der Waals surface area contributed by atoms with E-state index in [2.05, 4.69) is 5.32 Å². The van der Waals surface area contributed by atoms with Crippen molar-refractivity contribution in [3.05, 3.63) is 29.8 Å². The van der Waals surface area contributed by atoms with E-state index in [1.165, 1.54) is 0 Å². The standard InChI is InChI=1S/C11H12N2O2/c1-2-7-15-11(14)13-10-5-3-9(8-12)4-6-10/h3-6H,2,7H2,1H3,(H,13,14). The summed E-state index contributed by atoms with van der Waals surface area (Å²) in [4.78, 5) is 11.1. The number of nitriles is 1. The highest BCUT2D eigenvalue weighted by Crippen LogP contribution is 2.08. The van der Waals surface area contributed by atoms with Crippen molar-refractivity contribution in [2.45, 2.75) is 13.3 Å². The third-order valence-corrected chi connectivity index (χ3v) is 1.70. The number of hydrogen-bond acceptors (Lipinski definition) is 3. The molecule has 0 fully saturated rings. The Morgan fingerprint density at radius 2 is 2.13 bits per heavy atom. The largest absolute Gasteiger partial charge is 0.449 e. The quantitative estimate of drug-likeness (QED) is 0.822. The lowest BCUT2D eigenvalue weighted by Gasteiger charge is -2.05.